The fourth-order valence-electron chi connectivity index (χ4n) is 1.34. The predicted molar refractivity (Wildman–Crippen MR) is 51.0 cm³/mol. The van der Waals surface area contributed by atoms with Gasteiger partial charge in [0.2, 0.25) is 0 Å². The zero-order chi connectivity index (χ0) is 8.55. The molecule has 0 saturated carbocycles. The third-order valence-corrected chi connectivity index (χ3v) is 2.76. The number of fused-ring (bicyclic) bond motifs is 1. The minimum Gasteiger partial charge on any atom is -0.505 e. The number of aryl methyl sites for hydroxylation is 1. The fourth-order valence-corrected chi connectivity index (χ4v) is 1.73. The Hall–Kier alpha value is -0.830. The molecule has 0 atom stereocenters. The molecule has 62 valence electrons. The lowest BCUT2D eigenvalue weighted by molar-refractivity contribution is 0.500. The van der Waals surface area contributed by atoms with Gasteiger partial charge >= 0.3 is 0 Å². The Kier molecular flexibility index (Phi) is 1.89. The largest absolute Gasteiger partial charge is 0.505 e. The number of allylic oxidation sites excluding steroid dienone is 1. The van der Waals surface area contributed by atoms with Gasteiger partial charge in [-0.25, -0.2) is 0 Å². The van der Waals surface area contributed by atoms with Crippen molar-refractivity contribution in [1.82, 2.24) is 4.98 Å². The first kappa shape index (κ1) is 7.80. The lowest BCUT2D eigenvalue weighted by Crippen LogP contribution is -2.03. The van der Waals surface area contributed by atoms with Crippen LogP contribution in [-0.4, -0.2) is 10.1 Å². The predicted octanol–water partition coefficient (Wildman–Crippen LogP) is 2.65. The zero-order valence-corrected chi connectivity index (χ0v) is 8.00. The van der Waals surface area contributed by atoms with Crippen molar-refractivity contribution in [3.63, 3.8) is 0 Å². The molecule has 0 radical (unpaired) electrons. The summed E-state index contributed by atoms with van der Waals surface area (Å²) in [5, 5.41) is 9.60. The SMILES string of the molecule is OC1=C(Br)CCc2cccnc21. The number of aliphatic hydroxyl groups is 1. The first-order valence-corrected chi connectivity index (χ1v) is 4.60. The number of hydrogen-bond acceptors (Lipinski definition) is 2. The highest BCUT2D eigenvalue weighted by molar-refractivity contribution is 9.11. The third-order valence-electron chi connectivity index (χ3n) is 1.99. The van der Waals surface area contributed by atoms with E-state index in [2.05, 4.69) is 20.9 Å². The van der Waals surface area contributed by atoms with Crippen LogP contribution in [0, 0.1) is 0 Å². The van der Waals surface area contributed by atoms with E-state index in [4.69, 9.17) is 0 Å². The number of rotatable bonds is 0. The highest BCUT2D eigenvalue weighted by Gasteiger charge is 2.16. The Morgan fingerprint density at radius 2 is 2.25 bits per heavy atom. The maximum atomic E-state index is 9.60. The Morgan fingerprint density at radius 1 is 1.42 bits per heavy atom. The molecule has 0 unspecified atom stereocenters. The highest BCUT2D eigenvalue weighted by atomic mass is 79.9. The molecule has 0 aromatic carbocycles. The number of nitrogens with zero attached hydrogens (tertiary/aromatic N) is 1. The standard InChI is InChI=1S/C9H8BrNO/c10-7-4-3-6-2-1-5-11-8(6)9(7)12/h1-2,5,12H,3-4H2. The minimum absolute atomic E-state index is 0.289. The molecule has 3 heteroatoms. The Labute approximate surface area is 79.1 Å². The first-order valence-electron chi connectivity index (χ1n) is 3.81. The number of aromatic nitrogens is 1. The molecule has 1 heterocycles. The van der Waals surface area contributed by atoms with Crippen LogP contribution < -0.4 is 0 Å². The topological polar surface area (TPSA) is 33.1 Å². The first-order chi connectivity index (χ1) is 5.79. The van der Waals surface area contributed by atoms with Crippen LogP contribution >= 0.6 is 15.9 Å². The molecule has 0 bridgehead atoms. The lowest BCUT2D eigenvalue weighted by Gasteiger charge is -2.14. The van der Waals surface area contributed by atoms with Crippen LogP contribution in [0.15, 0.2) is 22.8 Å². The summed E-state index contributed by atoms with van der Waals surface area (Å²) in [4.78, 5) is 4.11. The maximum absolute atomic E-state index is 9.60. The van der Waals surface area contributed by atoms with Crippen molar-refractivity contribution in [1.29, 1.82) is 0 Å². The summed E-state index contributed by atoms with van der Waals surface area (Å²) in [6, 6.07) is 3.89. The molecule has 0 spiro atoms. The van der Waals surface area contributed by atoms with Crippen molar-refractivity contribution < 1.29 is 5.11 Å². The molecule has 12 heavy (non-hydrogen) atoms. The van der Waals surface area contributed by atoms with E-state index in [0.29, 0.717) is 0 Å². The summed E-state index contributed by atoms with van der Waals surface area (Å²) in [6.45, 7) is 0. The second kappa shape index (κ2) is 2.90. The van der Waals surface area contributed by atoms with Crippen LogP contribution in [0.1, 0.15) is 17.7 Å². The smallest absolute Gasteiger partial charge is 0.151 e. The van der Waals surface area contributed by atoms with Gasteiger partial charge in [-0.1, -0.05) is 22.0 Å². The van der Waals surface area contributed by atoms with Gasteiger partial charge in [0.05, 0.1) is 0 Å². The summed E-state index contributed by atoms with van der Waals surface area (Å²) >= 11 is 3.31. The van der Waals surface area contributed by atoms with E-state index in [9.17, 15) is 5.11 Å². The molecule has 0 amide bonds. The van der Waals surface area contributed by atoms with Gasteiger partial charge in [-0.3, -0.25) is 4.98 Å². The fraction of sp³-hybridized carbons (Fsp3) is 0.222. The summed E-state index contributed by atoms with van der Waals surface area (Å²) in [5.41, 5.74) is 1.84. The normalized spacial score (nSPS) is 16.1. The van der Waals surface area contributed by atoms with Crippen LogP contribution in [0.4, 0.5) is 0 Å². The Balaban J connectivity index is 2.59. The van der Waals surface area contributed by atoms with E-state index in [0.717, 1.165) is 28.6 Å². The van der Waals surface area contributed by atoms with Gasteiger partial charge in [0.1, 0.15) is 5.69 Å². The van der Waals surface area contributed by atoms with E-state index >= 15 is 0 Å². The summed E-state index contributed by atoms with van der Waals surface area (Å²) in [6.07, 6.45) is 3.51. The number of halogens is 1. The van der Waals surface area contributed by atoms with Crippen LogP contribution in [-0.2, 0) is 6.42 Å². The second-order valence-corrected chi connectivity index (χ2v) is 3.72. The Bertz CT molecular complexity index is 346. The molecule has 0 aliphatic heterocycles. The van der Waals surface area contributed by atoms with Crippen LogP contribution in [0.5, 0.6) is 0 Å². The minimum atomic E-state index is 0.289. The summed E-state index contributed by atoms with van der Waals surface area (Å²) < 4.78 is 0.855. The molecule has 1 aliphatic carbocycles. The van der Waals surface area contributed by atoms with Gasteiger partial charge in [-0.2, -0.15) is 0 Å². The molecule has 1 N–H and O–H groups in total. The highest BCUT2D eigenvalue weighted by Crippen LogP contribution is 2.30. The van der Waals surface area contributed by atoms with Crippen molar-refractivity contribution >= 4 is 21.7 Å². The molecule has 1 aliphatic rings. The van der Waals surface area contributed by atoms with Gasteiger partial charge in [-0.05, 0) is 24.5 Å². The maximum Gasteiger partial charge on any atom is 0.151 e. The van der Waals surface area contributed by atoms with Crippen molar-refractivity contribution in [3.05, 3.63) is 34.1 Å². The number of pyridine rings is 1. The van der Waals surface area contributed by atoms with Crippen LogP contribution in [0.25, 0.3) is 5.76 Å². The average molecular weight is 226 g/mol. The van der Waals surface area contributed by atoms with E-state index in [1.165, 1.54) is 0 Å². The molecule has 1 aromatic rings. The second-order valence-electron chi connectivity index (χ2n) is 2.76. The van der Waals surface area contributed by atoms with Gasteiger partial charge in [0.25, 0.3) is 0 Å². The van der Waals surface area contributed by atoms with E-state index in [1.807, 2.05) is 12.1 Å². The van der Waals surface area contributed by atoms with Crippen molar-refractivity contribution in [2.45, 2.75) is 12.8 Å². The van der Waals surface area contributed by atoms with Gasteiger partial charge in [0.15, 0.2) is 5.76 Å². The van der Waals surface area contributed by atoms with Crippen molar-refractivity contribution in [2.24, 2.45) is 0 Å². The third kappa shape index (κ3) is 1.14. The molecule has 0 fully saturated rings. The van der Waals surface area contributed by atoms with Crippen LogP contribution in [0.3, 0.4) is 0 Å². The monoisotopic (exact) mass is 225 g/mol. The average Bonchev–Trinajstić information content (AvgIpc) is 2.12. The molecule has 2 rings (SSSR count). The van der Waals surface area contributed by atoms with Gasteiger partial charge in [0, 0.05) is 10.7 Å². The van der Waals surface area contributed by atoms with Gasteiger partial charge in [-0.15, -0.1) is 0 Å². The number of aliphatic hydroxyl groups excluding tert-OH is 1. The van der Waals surface area contributed by atoms with Crippen LogP contribution in [0.2, 0.25) is 0 Å². The number of hydrogen-bond donors (Lipinski definition) is 1. The lowest BCUT2D eigenvalue weighted by atomic mass is 10.0. The molecule has 0 saturated heterocycles. The van der Waals surface area contributed by atoms with E-state index < -0.39 is 0 Å². The Morgan fingerprint density at radius 3 is 3.08 bits per heavy atom. The molecule has 2 nitrogen and oxygen atoms in total. The molecular formula is C9H8BrNO. The van der Waals surface area contributed by atoms with Gasteiger partial charge < -0.3 is 5.11 Å². The molecule has 1 aromatic heterocycles. The van der Waals surface area contributed by atoms with E-state index in [1.54, 1.807) is 6.20 Å². The quantitative estimate of drug-likeness (QED) is 0.737. The van der Waals surface area contributed by atoms with E-state index in [-0.39, 0.29) is 5.76 Å². The molecular weight excluding hydrogens is 218 g/mol. The summed E-state index contributed by atoms with van der Waals surface area (Å²) in [5.74, 6) is 0.289. The summed E-state index contributed by atoms with van der Waals surface area (Å²) in [7, 11) is 0. The van der Waals surface area contributed by atoms with Crippen molar-refractivity contribution in [2.75, 3.05) is 0 Å². The van der Waals surface area contributed by atoms with Crippen molar-refractivity contribution in [3.8, 4) is 0 Å². The zero-order valence-electron chi connectivity index (χ0n) is 6.42.